The fourth-order valence-corrected chi connectivity index (χ4v) is 3.31. The summed E-state index contributed by atoms with van der Waals surface area (Å²) in [6, 6.07) is 17.9. The van der Waals surface area contributed by atoms with E-state index in [1.807, 2.05) is 54.6 Å². The van der Waals surface area contributed by atoms with Crippen molar-refractivity contribution in [1.29, 1.82) is 0 Å². The largest absolute Gasteiger partial charge is 0.386 e. The minimum atomic E-state index is -0.175. The van der Waals surface area contributed by atoms with Gasteiger partial charge in [-0.1, -0.05) is 53.7 Å². The van der Waals surface area contributed by atoms with E-state index in [2.05, 4.69) is 16.6 Å². The number of methoxy groups -OCH3 is 1. The molecule has 0 radical (unpaired) electrons. The molecule has 0 aliphatic carbocycles. The predicted molar refractivity (Wildman–Crippen MR) is 111 cm³/mol. The van der Waals surface area contributed by atoms with Gasteiger partial charge < -0.3 is 19.9 Å². The number of aromatic nitrogens is 1. The van der Waals surface area contributed by atoms with Crippen LogP contribution in [-0.2, 0) is 16.1 Å². The molecule has 1 heterocycles. The molecule has 28 heavy (non-hydrogen) atoms. The van der Waals surface area contributed by atoms with E-state index in [0.29, 0.717) is 24.4 Å². The highest BCUT2D eigenvalue weighted by Gasteiger charge is 2.23. The second-order valence-corrected chi connectivity index (χ2v) is 6.37. The summed E-state index contributed by atoms with van der Waals surface area (Å²) in [6.45, 7) is 3.10. The number of benzene rings is 2. The molecule has 1 aromatic heterocycles. The Balaban J connectivity index is 1.99. The van der Waals surface area contributed by atoms with Crippen molar-refractivity contribution < 1.29 is 14.4 Å². The number of aryl methyl sites for hydroxylation is 1. The SMILES string of the molecule is CCn1c(-c2ccccc2)c(C(=O)CO/N=C(/N)CCOC)c2ccccc21. The van der Waals surface area contributed by atoms with Crippen LogP contribution in [0.1, 0.15) is 23.7 Å². The number of rotatable bonds is 9. The van der Waals surface area contributed by atoms with Gasteiger partial charge in [-0.15, -0.1) is 0 Å². The molecule has 0 aliphatic rings. The van der Waals surface area contributed by atoms with Crippen LogP contribution < -0.4 is 5.73 Å². The smallest absolute Gasteiger partial charge is 0.205 e. The lowest BCUT2D eigenvalue weighted by Gasteiger charge is -2.10. The van der Waals surface area contributed by atoms with Crippen LogP contribution in [0.3, 0.4) is 0 Å². The normalized spacial score (nSPS) is 11.7. The molecule has 6 heteroatoms. The third-order valence-electron chi connectivity index (χ3n) is 4.55. The minimum absolute atomic E-state index is 0.134. The molecule has 0 saturated carbocycles. The number of amidine groups is 1. The molecule has 2 N–H and O–H groups in total. The van der Waals surface area contributed by atoms with E-state index in [4.69, 9.17) is 15.3 Å². The maximum atomic E-state index is 13.1. The average Bonchev–Trinajstić information content (AvgIpc) is 3.07. The number of hydrogen-bond acceptors (Lipinski definition) is 4. The molecule has 3 aromatic rings. The van der Waals surface area contributed by atoms with Crippen LogP contribution in [0.4, 0.5) is 0 Å². The number of nitrogens with two attached hydrogens (primary N) is 1. The Kier molecular flexibility index (Phi) is 6.45. The first-order valence-corrected chi connectivity index (χ1v) is 9.30. The number of para-hydroxylation sites is 1. The maximum Gasteiger partial charge on any atom is 0.205 e. The van der Waals surface area contributed by atoms with Crippen LogP contribution in [0.2, 0.25) is 0 Å². The first-order chi connectivity index (χ1) is 13.7. The number of fused-ring (bicyclic) bond motifs is 1. The second-order valence-electron chi connectivity index (χ2n) is 6.37. The molecule has 3 rings (SSSR count). The van der Waals surface area contributed by atoms with E-state index >= 15 is 0 Å². The van der Waals surface area contributed by atoms with Gasteiger partial charge >= 0.3 is 0 Å². The first kappa shape index (κ1) is 19.6. The van der Waals surface area contributed by atoms with Gasteiger partial charge in [-0.05, 0) is 18.6 Å². The Hall–Kier alpha value is -3.12. The fourth-order valence-electron chi connectivity index (χ4n) is 3.31. The zero-order chi connectivity index (χ0) is 19.9. The van der Waals surface area contributed by atoms with Gasteiger partial charge in [0.05, 0.1) is 17.9 Å². The van der Waals surface area contributed by atoms with Crippen molar-refractivity contribution in [3.05, 3.63) is 60.2 Å². The van der Waals surface area contributed by atoms with E-state index in [1.165, 1.54) is 0 Å². The molecule has 0 fully saturated rings. The van der Waals surface area contributed by atoms with Gasteiger partial charge in [-0.25, -0.2) is 0 Å². The van der Waals surface area contributed by atoms with Gasteiger partial charge in [-0.2, -0.15) is 0 Å². The lowest BCUT2D eigenvalue weighted by molar-refractivity contribution is 0.0775. The van der Waals surface area contributed by atoms with Gasteiger partial charge in [0, 0.05) is 31.0 Å². The molecule has 2 aromatic carbocycles. The van der Waals surface area contributed by atoms with E-state index in [9.17, 15) is 4.79 Å². The van der Waals surface area contributed by atoms with E-state index in [1.54, 1.807) is 7.11 Å². The molecule has 0 saturated heterocycles. The molecule has 6 nitrogen and oxygen atoms in total. The number of ketones is 1. The molecule has 0 aliphatic heterocycles. The Morgan fingerprint density at radius 3 is 2.54 bits per heavy atom. The third kappa shape index (κ3) is 4.07. The summed E-state index contributed by atoms with van der Waals surface area (Å²) in [5.41, 5.74) is 9.31. The van der Waals surface area contributed by atoms with Crippen molar-refractivity contribution in [2.75, 3.05) is 20.3 Å². The number of nitrogens with zero attached hydrogens (tertiary/aromatic N) is 2. The topological polar surface area (TPSA) is 78.8 Å². The summed E-state index contributed by atoms with van der Waals surface area (Å²) in [4.78, 5) is 18.3. The number of oxime groups is 1. The highest BCUT2D eigenvalue weighted by atomic mass is 16.6. The minimum Gasteiger partial charge on any atom is -0.386 e. The number of carbonyl (C=O) groups excluding carboxylic acids is 1. The van der Waals surface area contributed by atoms with Crippen molar-refractivity contribution in [3.8, 4) is 11.3 Å². The lowest BCUT2D eigenvalue weighted by atomic mass is 10.0. The Labute approximate surface area is 164 Å². The predicted octanol–water partition coefficient (Wildman–Crippen LogP) is 3.84. The van der Waals surface area contributed by atoms with Gasteiger partial charge in [0.1, 0.15) is 5.84 Å². The van der Waals surface area contributed by atoms with Gasteiger partial charge in [0.25, 0.3) is 0 Å². The number of hydrogen-bond donors (Lipinski definition) is 1. The highest BCUT2D eigenvalue weighted by molar-refractivity contribution is 6.14. The molecule has 0 atom stereocenters. The molecular formula is C22H25N3O3. The lowest BCUT2D eigenvalue weighted by Crippen LogP contribution is -2.16. The Morgan fingerprint density at radius 2 is 1.82 bits per heavy atom. The molecular weight excluding hydrogens is 354 g/mol. The summed E-state index contributed by atoms with van der Waals surface area (Å²) >= 11 is 0. The van der Waals surface area contributed by atoms with E-state index in [-0.39, 0.29) is 12.4 Å². The zero-order valence-corrected chi connectivity index (χ0v) is 16.2. The summed E-state index contributed by atoms with van der Waals surface area (Å²) in [6.07, 6.45) is 0.453. The second kappa shape index (κ2) is 9.19. The molecule has 0 spiro atoms. The van der Waals surface area contributed by atoms with Crippen molar-refractivity contribution in [2.45, 2.75) is 19.9 Å². The van der Waals surface area contributed by atoms with Crippen molar-refractivity contribution in [2.24, 2.45) is 10.9 Å². The average molecular weight is 379 g/mol. The number of carbonyl (C=O) groups is 1. The van der Waals surface area contributed by atoms with Crippen LogP contribution in [0, 0.1) is 0 Å². The summed E-state index contributed by atoms with van der Waals surface area (Å²) in [5.74, 6) is 0.166. The molecule has 146 valence electrons. The van der Waals surface area contributed by atoms with E-state index < -0.39 is 0 Å². The molecule has 0 bridgehead atoms. The molecule has 0 amide bonds. The van der Waals surface area contributed by atoms with Crippen LogP contribution in [-0.4, -0.2) is 36.5 Å². The standard InChI is InChI=1S/C22H25N3O3/c1-3-25-18-12-8-7-11-17(18)21(22(25)16-9-5-4-6-10-16)19(26)15-28-24-20(23)13-14-27-2/h4-12H,3,13-15H2,1-2H3,(H2,23,24). The Morgan fingerprint density at radius 1 is 1.11 bits per heavy atom. The first-order valence-electron chi connectivity index (χ1n) is 9.30. The number of ether oxygens (including phenoxy) is 1. The zero-order valence-electron chi connectivity index (χ0n) is 16.2. The third-order valence-corrected chi connectivity index (χ3v) is 4.55. The molecule has 0 unspecified atom stereocenters. The summed E-state index contributed by atoms with van der Waals surface area (Å²) < 4.78 is 7.11. The summed E-state index contributed by atoms with van der Waals surface area (Å²) in [7, 11) is 1.59. The maximum absolute atomic E-state index is 13.1. The Bertz CT molecular complexity index is 977. The van der Waals surface area contributed by atoms with Crippen LogP contribution in [0.5, 0.6) is 0 Å². The van der Waals surface area contributed by atoms with Crippen LogP contribution in [0.15, 0.2) is 59.8 Å². The van der Waals surface area contributed by atoms with Crippen LogP contribution >= 0.6 is 0 Å². The van der Waals surface area contributed by atoms with E-state index in [0.717, 1.165) is 28.7 Å². The highest BCUT2D eigenvalue weighted by Crippen LogP contribution is 2.34. The number of Topliss-reactive ketones (excluding diaryl/α,β-unsaturated/α-hetero) is 1. The van der Waals surface area contributed by atoms with Gasteiger partial charge in [0.15, 0.2) is 6.61 Å². The van der Waals surface area contributed by atoms with Gasteiger partial charge in [0.2, 0.25) is 5.78 Å². The van der Waals surface area contributed by atoms with Gasteiger partial charge in [-0.3, -0.25) is 4.79 Å². The van der Waals surface area contributed by atoms with Crippen molar-refractivity contribution in [3.63, 3.8) is 0 Å². The van der Waals surface area contributed by atoms with Crippen LogP contribution in [0.25, 0.3) is 22.2 Å². The monoisotopic (exact) mass is 379 g/mol. The van der Waals surface area contributed by atoms with Crippen molar-refractivity contribution in [1.82, 2.24) is 4.57 Å². The quantitative estimate of drug-likeness (QED) is 0.265. The van der Waals surface area contributed by atoms with Crippen molar-refractivity contribution >= 4 is 22.5 Å². The summed E-state index contributed by atoms with van der Waals surface area (Å²) in [5, 5.41) is 4.73. The fraction of sp³-hybridized carbons (Fsp3) is 0.273.